The Kier molecular flexibility index (Phi) is 7.28. The first-order chi connectivity index (χ1) is 11.9. The summed E-state index contributed by atoms with van der Waals surface area (Å²) >= 11 is 7.30. The van der Waals surface area contributed by atoms with Crippen molar-refractivity contribution in [2.45, 2.75) is 5.75 Å². The molecule has 0 bridgehead atoms. The van der Waals surface area contributed by atoms with E-state index in [0.29, 0.717) is 16.5 Å². The Labute approximate surface area is 155 Å². The van der Waals surface area contributed by atoms with Gasteiger partial charge in [-0.2, -0.15) is 0 Å². The van der Waals surface area contributed by atoms with Gasteiger partial charge in [-0.1, -0.05) is 23.7 Å². The molecule has 0 aliphatic carbocycles. The van der Waals surface area contributed by atoms with Gasteiger partial charge in [0.25, 0.3) is 0 Å². The van der Waals surface area contributed by atoms with Gasteiger partial charge in [0.05, 0.1) is 12.3 Å². The van der Waals surface area contributed by atoms with E-state index < -0.39 is 0 Å². The third-order valence-corrected chi connectivity index (χ3v) is 4.58. The molecule has 0 aromatic heterocycles. The van der Waals surface area contributed by atoms with Crippen LogP contribution in [0.1, 0.15) is 5.56 Å². The summed E-state index contributed by atoms with van der Waals surface area (Å²) in [7, 11) is 1.58. The van der Waals surface area contributed by atoms with Crippen LogP contribution in [0.3, 0.4) is 0 Å². The fourth-order valence-corrected chi connectivity index (χ4v) is 3.04. The molecule has 0 fully saturated rings. The molecule has 2 aromatic carbocycles. The first-order valence-electron chi connectivity index (χ1n) is 7.55. The number of likely N-dealkylation sites (N-methyl/N-ethyl adjacent to an activating group) is 1. The van der Waals surface area contributed by atoms with Crippen molar-refractivity contribution in [3.63, 3.8) is 0 Å². The smallest absolute Gasteiger partial charge is 0.243 e. The summed E-state index contributed by atoms with van der Waals surface area (Å²) in [5.41, 5.74) is 1.57. The summed E-state index contributed by atoms with van der Waals surface area (Å²) in [5.74, 6) is 0.142. The van der Waals surface area contributed by atoms with Crippen molar-refractivity contribution in [1.29, 1.82) is 0 Å². The Morgan fingerprint density at radius 3 is 2.40 bits per heavy atom. The molecule has 2 amide bonds. The molecule has 2 aromatic rings. The van der Waals surface area contributed by atoms with E-state index in [1.807, 2.05) is 24.3 Å². The van der Waals surface area contributed by atoms with Crippen LogP contribution in [0, 0.1) is 5.82 Å². The molecule has 25 heavy (non-hydrogen) atoms. The van der Waals surface area contributed by atoms with Crippen LogP contribution in [-0.2, 0) is 15.3 Å². The van der Waals surface area contributed by atoms with Crippen LogP contribution in [0.5, 0.6) is 0 Å². The number of nitrogens with one attached hydrogen (secondary N) is 1. The number of amides is 2. The number of rotatable bonds is 7. The van der Waals surface area contributed by atoms with Gasteiger partial charge >= 0.3 is 0 Å². The number of halogens is 2. The predicted octanol–water partition coefficient (Wildman–Crippen LogP) is 3.81. The topological polar surface area (TPSA) is 49.4 Å². The third-order valence-electron chi connectivity index (χ3n) is 3.34. The van der Waals surface area contributed by atoms with Crippen molar-refractivity contribution < 1.29 is 14.0 Å². The summed E-state index contributed by atoms with van der Waals surface area (Å²) < 4.78 is 12.8. The molecule has 0 saturated heterocycles. The van der Waals surface area contributed by atoms with Crippen molar-refractivity contribution in [1.82, 2.24) is 4.90 Å². The Hall–Kier alpha value is -2.05. The first-order valence-corrected chi connectivity index (χ1v) is 9.09. The van der Waals surface area contributed by atoms with Gasteiger partial charge in [-0.15, -0.1) is 11.8 Å². The third kappa shape index (κ3) is 6.76. The number of carbonyl (C=O) groups is 2. The minimum Gasteiger partial charge on any atom is -0.336 e. The second-order valence-corrected chi connectivity index (χ2v) is 6.85. The highest BCUT2D eigenvalue weighted by Gasteiger charge is 2.13. The number of anilines is 1. The maximum atomic E-state index is 12.8. The van der Waals surface area contributed by atoms with Crippen LogP contribution in [-0.4, -0.2) is 36.1 Å². The molecular formula is C18H18ClFN2O2S. The van der Waals surface area contributed by atoms with Crippen molar-refractivity contribution in [2.75, 3.05) is 24.7 Å². The van der Waals surface area contributed by atoms with E-state index in [9.17, 15) is 14.0 Å². The lowest BCUT2D eigenvalue weighted by Gasteiger charge is -2.16. The molecule has 0 aliphatic rings. The maximum Gasteiger partial charge on any atom is 0.243 e. The molecular weight excluding hydrogens is 363 g/mol. The van der Waals surface area contributed by atoms with E-state index in [4.69, 9.17) is 11.6 Å². The molecule has 0 heterocycles. The Morgan fingerprint density at radius 1 is 1.12 bits per heavy atom. The zero-order valence-electron chi connectivity index (χ0n) is 13.7. The maximum absolute atomic E-state index is 12.8. The summed E-state index contributed by atoms with van der Waals surface area (Å²) in [6, 6.07) is 12.9. The number of thioether (sulfide) groups is 1. The molecule has 0 spiro atoms. The van der Waals surface area contributed by atoms with Crippen LogP contribution < -0.4 is 5.32 Å². The standard InChI is InChI=1S/C18H18ClFN2O2S/c1-22(10-17(23)21-16-8-6-15(20)7-9-16)18(24)12-25-11-13-2-4-14(19)5-3-13/h2-9H,10-12H2,1H3,(H,21,23). The van der Waals surface area contributed by atoms with Gasteiger partial charge in [-0.05, 0) is 42.0 Å². The van der Waals surface area contributed by atoms with E-state index in [-0.39, 0.29) is 29.9 Å². The van der Waals surface area contributed by atoms with Crippen LogP contribution in [0.15, 0.2) is 48.5 Å². The number of hydrogen-bond donors (Lipinski definition) is 1. The highest BCUT2D eigenvalue weighted by atomic mass is 35.5. The van der Waals surface area contributed by atoms with Crippen molar-refractivity contribution >= 4 is 40.9 Å². The molecule has 0 unspecified atom stereocenters. The van der Waals surface area contributed by atoms with Crippen LogP contribution >= 0.6 is 23.4 Å². The van der Waals surface area contributed by atoms with E-state index in [0.717, 1.165) is 5.56 Å². The number of nitrogens with zero attached hydrogens (tertiary/aromatic N) is 1. The van der Waals surface area contributed by atoms with Crippen LogP contribution in [0.4, 0.5) is 10.1 Å². The average molecular weight is 381 g/mol. The predicted molar refractivity (Wildman–Crippen MR) is 100 cm³/mol. The van der Waals surface area contributed by atoms with Crippen LogP contribution in [0.25, 0.3) is 0 Å². The second kappa shape index (κ2) is 9.44. The zero-order chi connectivity index (χ0) is 18.2. The van der Waals surface area contributed by atoms with Gasteiger partial charge in [0.15, 0.2) is 0 Å². The normalized spacial score (nSPS) is 10.4. The minimum atomic E-state index is -0.372. The Balaban J connectivity index is 1.72. The highest BCUT2D eigenvalue weighted by molar-refractivity contribution is 7.99. The molecule has 4 nitrogen and oxygen atoms in total. The molecule has 0 saturated carbocycles. The lowest BCUT2D eigenvalue weighted by Crippen LogP contribution is -2.35. The molecule has 2 rings (SSSR count). The quantitative estimate of drug-likeness (QED) is 0.794. The number of hydrogen-bond acceptors (Lipinski definition) is 3. The van der Waals surface area contributed by atoms with Gasteiger partial charge in [0, 0.05) is 23.5 Å². The zero-order valence-corrected chi connectivity index (χ0v) is 15.2. The van der Waals surface area contributed by atoms with E-state index in [2.05, 4.69) is 5.32 Å². The minimum absolute atomic E-state index is 0.0578. The summed E-state index contributed by atoms with van der Waals surface area (Å²) in [5, 5.41) is 3.30. The van der Waals surface area contributed by atoms with Crippen molar-refractivity contribution in [2.24, 2.45) is 0 Å². The molecule has 132 valence electrons. The van der Waals surface area contributed by atoms with Gasteiger partial charge in [0.1, 0.15) is 5.82 Å². The van der Waals surface area contributed by atoms with Gasteiger partial charge in [0.2, 0.25) is 11.8 Å². The average Bonchev–Trinajstić information content (AvgIpc) is 2.58. The first kappa shape index (κ1) is 19.3. The van der Waals surface area contributed by atoms with Gasteiger partial charge in [-0.3, -0.25) is 9.59 Å². The highest BCUT2D eigenvalue weighted by Crippen LogP contribution is 2.16. The molecule has 0 radical (unpaired) electrons. The van der Waals surface area contributed by atoms with Gasteiger partial charge in [-0.25, -0.2) is 4.39 Å². The lowest BCUT2D eigenvalue weighted by molar-refractivity contribution is -0.131. The number of carbonyl (C=O) groups excluding carboxylic acids is 2. The van der Waals surface area contributed by atoms with E-state index in [1.54, 1.807) is 7.05 Å². The molecule has 0 atom stereocenters. The molecule has 1 N–H and O–H groups in total. The fraction of sp³-hybridized carbons (Fsp3) is 0.222. The Bertz CT molecular complexity index is 723. The summed E-state index contributed by atoms with van der Waals surface area (Å²) in [6.45, 7) is -0.0578. The largest absolute Gasteiger partial charge is 0.336 e. The van der Waals surface area contributed by atoms with Crippen molar-refractivity contribution in [3.05, 3.63) is 64.9 Å². The number of benzene rings is 2. The van der Waals surface area contributed by atoms with E-state index in [1.165, 1.54) is 40.9 Å². The Morgan fingerprint density at radius 2 is 1.76 bits per heavy atom. The second-order valence-electron chi connectivity index (χ2n) is 5.42. The fourth-order valence-electron chi connectivity index (χ4n) is 1.98. The SMILES string of the molecule is CN(CC(=O)Nc1ccc(F)cc1)C(=O)CSCc1ccc(Cl)cc1. The summed E-state index contributed by atoms with van der Waals surface area (Å²) in [4.78, 5) is 25.4. The lowest BCUT2D eigenvalue weighted by atomic mass is 10.2. The monoisotopic (exact) mass is 380 g/mol. The molecule has 0 aliphatic heterocycles. The van der Waals surface area contributed by atoms with Gasteiger partial charge < -0.3 is 10.2 Å². The van der Waals surface area contributed by atoms with Crippen molar-refractivity contribution in [3.8, 4) is 0 Å². The summed E-state index contributed by atoms with van der Waals surface area (Å²) in [6.07, 6.45) is 0. The van der Waals surface area contributed by atoms with E-state index >= 15 is 0 Å². The molecule has 7 heteroatoms. The van der Waals surface area contributed by atoms with Crippen LogP contribution in [0.2, 0.25) is 5.02 Å².